The van der Waals surface area contributed by atoms with E-state index in [9.17, 15) is 14.0 Å². The highest BCUT2D eigenvalue weighted by Crippen LogP contribution is 2.27. The normalized spacial score (nSPS) is 12.7. The van der Waals surface area contributed by atoms with Crippen LogP contribution in [0.4, 0.5) is 10.1 Å². The van der Waals surface area contributed by atoms with Gasteiger partial charge in [-0.1, -0.05) is 18.2 Å². The summed E-state index contributed by atoms with van der Waals surface area (Å²) in [6.07, 6.45) is 3.57. The number of esters is 1. The van der Waals surface area contributed by atoms with E-state index in [4.69, 9.17) is 4.74 Å². The number of hydrogen-bond acceptors (Lipinski definition) is 4. The number of fused-ring (bicyclic) bond motifs is 1. The monoisotopic (exact) mass is 365 g/mol. The zero-order valence-electron chi connectivity index (χ0n) is 14.3. The van der Waals surface area contributed by atoms with Crippen LogP contribution in [0.5, 0.6) is 0 Å². The maximum atomic E-state index is 13.1. The number of imidazole rings is 1. The van der Waals surface area contributed by atoms with Crippen LogP contribution in [0, 0.1) is 5.82 Å². The number of rotatable bonds is 4. The van der Waals surface area contributed by atoms with Crippen molar-refractivity contribution in [2.45, 2.75) is 6.42 Å². The third-order valence-electron chi connectivity index (χ3n) is 4.47. The minimum Gasteiger partial charge on any atom is -0.451 e. The molecular formula is C20H16FN3O3. The van der Waals surface area contributed by atoms with Crippen LogP contribution in [0.15, 0.2) is 61.1 Å². The molecule has 1 aliphatic rings. The van der Waals surface area contributed by atoms with Crippen LogP contribution >= 0.6 is 0 Å². The fraction of sp³-hybridized carbons (Fsp3) is 0.150. The highest BCUT2D eigenvalue weighted by Gasteiger charge is 2.25. The van der Waals surface area contributed by atoms with Crippen LogP contribution in [-0.4, -0.2) is 34.6 Å². The Kier molecular flexibility index (Phi) is 4.42. The molecule has 0 unspecified atom stereocenters. The molecule has 0 saturated heterocycles. The molecule has 7 heteroatoms. The van der Waals surface area contributed by atoms with Gasteiger partial charge in [0.05, 0.1) is 12.5 Å². The Morgan fingerprint density at radius 3 is 2.70 bits per heavy atom. The van der Waals surface area contributed by atoms with E-state index in [-0.39, 0.29) is 24.0 Å². The van der Waals surface area contributed by atoms with E-state index in [0.717, 1.165) is 17.7 Å². The number of ether oxygens (including phenoxy) is 1. The number of halogens is 1. The molecule has 0 N–H and O–H groups in total. The van der Waals surface area contributed by atoms with Gasteiger partial charge in [-0.2, -0.15) is 0 Å². The smallest absolute Gasteiger partial charge is 0.357 e. The minimum absolute atomic E-state index is 0.163. The lowest BCUT2D eigenvalue weighted by Gasteiger charge is -2.17. The van der Waals surface area contributed by atoms with Gasteiger partial charge in [0.2, 0.25) is 0 Å². The lowest BCUT2D eigenvalue weighted by atomic mass is 10.2. The lowest BCUT2D eigenvalue weighted by Crippen LogP contribution is -2.33. The van der Waals surface area contributed by atoms with E-state index in [1.54, 1.807) is 4.90 Å². The molecule has 1 aliphatic heterocycles. The molecule has 2 aromatic carbocycles. The van der Waals surface area contributed by atoms with E-state index in [2.05, 4.69) is 4.98 Å². The molecule has 0 atom stereocenters. The number of aromatic nitrogens is 2. The van der Waals surface area contributed by atoms with Crippen molar-refractivity contribution < 1.29 is 18.7 Å². The van der Waals surface area contributed by atoms with Crippen LogP contribution in [0.25, 0.3) is 5.69 Å². The van der Waals surface area contributed by atoms with Crippen LogP contribution < -0.4 is 4.90 Å². The summed E-state index contributed by atoms with van der Waals surface area (Å²) >= 11 is 0. The van der Waals surface area contributed by atoms with Gasteiger partial charge in [0, 0.05) is 17.9 Å². The van der Waals surface area contributed by atoms with Crippen LogP contribution in [0.3, 0.4) is 0 Å². The van der Waals surface area contributed by atoms with Gasteiger partial charge >= 0.3 is 5.97 Å². The predicted molar refractivity (Wildman–Crippen MR) is 96.3 cm³/mol. The lowest BCUT2D eigenvalue weighted by molar-refractivity contribution is -0.121. The molecule has 0 aliphatic carbocycles. The number of nitrogens with zero attached hydrogens (tertiary/aromatic N) is 3. The van der Waals surface area contributed by atoms with Crippen molar-refractivity contribution >= 4 is 17.6 Å². The molecule has 4 rings (SSSR count). The third-order valence-corrected chi connectivity index (χ3v) is 4.47. The number of benzene rings is 2. The highest BCUT2D eigenvalue weighted by molar-refractivity contribution is 5.98. The summed E-state index contributed by atoms with van der Waals surface area (Å²) < 4.78 is 19.8. The molecular weight excluding hydrogens is 349 g/mol. The van der Waals surface area contributed by atoms with Gasteiger partial charge in [-0.05, 0) is 42.3 Å². The molecule has 1 aromatic heterocycles. The summed E-state index contributed by atoms with van der Waals surface area (Å²) in [5.41, 5.74) is 2.69. The standard InChI is InChI=1S/C20H16FN3O3/c21-15-5-7-16(8-6-15)24-13-22-11-18(24)20(26)27-12-19(25)23-10-9-14-3-1-2-4-17(14)23/h1-8,11,13H,9-10,12H2. The van der Waals surface area contributed by atoms with Gasteiger partial charge in [0.1, 0.15) is 5.82 Å². The van der Waals surface area contributed by atoms with Crippen molar-refractivity contribution in [3.8, 4) is 5.69 Å². The highest BCUT2D eigenvalue weighted by atomic mass is 19.1. The van der Waals surface area contributed by atoms with Gasteiger partial charge in [-0.3, -0.25) is 9.36 Å². The third kappa shape index (κ3) is 3.31. The summed E-state index contributed by atoms with van der Waals surface area (Å²) in [7, 11) is 0. The second-order valence-electron chi connectivity index (χ2n) is 6.13. The summed E-state index contributed by atoms with van der Waals surface area (Å²) in [5.74, 6) is -1.32. The maximum absolute atomic E-state index is 13.1. The summed E-state index contributed by atoms with van der Waals surface area (Å²) in [6.45, 7) is 0.213. The second kappa shape index (κ2) is 7.03. The summed E-state index contributed by atoms with van der Waals surface area (Å²) in [6, 6.07) is 13.3. The minimum atomic E-state index is -0.669. The number of carbonyl (C=O) groups is 2. The number of para-hydroxylation sites is 1. The number of amides is 1. The second-order valence-corrected chi connectivity index (χ2v) is 6.13. The zero-order chi connectivity index (χ0) is 18.8. The number of carbonyl (C=O) groups excluding carboxylic acids is 2. The van der Waals surface area contributed by atoms with Crippen LogP contribution in [0.2, 0.25) is 0 Å². The van der Waals surface area contributed by atoms with Gasteiger partial charge in [0.25, 0.3) is 5.91 Å². The Balaban J connectivity index is 1.44. The Bertz CT molecular complexity index is 998. The molecule has 6 nitrogen and oxygen atoms in total. The Hall–Kier alpha value is -3.48. The van der Waals surface area contributed by atoms with E-state index < -0.39 is 5.97 Å². The molecule has 136 valence electrons. The first kappa shape index (κ1) is 17.0. The first-order valence-corrected chi connectivity index (χ1v) is 8.47. The van der Waals surface area contributed by atoms with Crippen molar-refractivity contribution in [3.05, 3.63) is 78.1 Å². The predicted octanol–water partition coefficient (Wildman–Crippen LogP) is 2.76. The number of anilines is 1. The van der Waals surface area contributed by atoms with Crippen LogP contribution in [0.1, 0.15) is 16.1 Å². The largest absolute Gasteiger partial charge is 0.451 e. The maximum Gasteiger partial charge on any atom is 0.357 e. The molecule has 0 spiro atoms. The molecule has 0 saturated carbocycles. The zero-order valence-corrected chi connectivity index (χ0v) is 14.3. The average Bonchev–Trinajstić information content (AvgIpc) is 3.33. The molecule has 0 fully saturated rings. The summed E-state index contributed by atoms with van der Waals surface area (Å²) in [5, 5.41) is 0. The molecule has 1 amide bonds. The Labute approximate surface area is 154 Å². The van der Waals surface area contributed by atoms with E-state index in [1.165, 1.54) is 41.4 Å². The van der Waals surface area contributed by atoms with Crippen molar-refractivity contribution in [1.82, 2.24) is 9.55 Å². The number of hydrogen-bond donors (Lipinski definition) is 0. The van der Waals surface area contributed by atoms with Crippen molar-refractivity contribution in [2.24, 2.45) is 0 Å². The fourth-order valence-electron chi connectivity index (χ4n) is 3.13. The molecule has 27 heavy (non-hydrogen) atoms. The SMILES string of the molecule is O=C(OCC(=O)N1CCc2ccccc21)c1cncn1-c1ccc(F)cc1. The van der Waals surface area contributed by atoms with Crippen LogP contribution in [-0.2, 0) is 16.0 Å². The molecule has 3 aromatic rings. The quantitative estimate of drug-likeness (QED) is 0.667. The van der Waals surface area contributed by atoms with Crippen molar-refractivity contribution in [1.29, 1.82) is 0 Å². The van der Waals surface area contributed by atoms with E-state index in [0.29, 0.717) is 12.2 Å². The first-order chi connectivity index (χ1) is 13.1. The fourth-order valence-corrected chi connectivity index (χ4v) is 3.13. The van der Waals surface area contributed by atoms with Gasteiger partial charge in [0.15, 0.2) is 12.3 Å². The molecule has 2 heterocycles. The van der Waals surface area contributed by atoms with Crippen molar-refractivity contribution in [3.63, 3.8) is 0 Å². The van der Waals surface area contributed by atoms with Gasteiger partial charge in [-0.25, -0.2) is 14.2 Å². The average molecular weight is 365 g/mol. The molecule has 0 bridgehead atoms. The van der Waals surface area contributed by atoms with Gasteiger partial charge < -0.3 is 9.64 Å². The van der Waals surface area contributed by atoms with E-state index in [1.807, 2.05) is 24.3 Å². The topological polar surface area (TPSA) is 64.4 Å². The first-order valence-electron chi connectivity index (χ1n) is 8.47. The van der Waals surface area contributed by atoms with E-state index >= 15 is 0 Å². The van der Waals surface area contributed by atoms with Crippen molar-refractivity contribution in [2.75, 3.05) is 18.1 Å². The summed E-state index contributed by atoms with van der Waals surface area (Å²) in [4.78, 5) is 30.4. The Morgan fingerprint density at radius 1 is 1.11 bits per heavy atom. The Morgan fingerprint density at radius 2 is 1.89 bits per heavy atom. The molecule has 0 radical (unpaired) electrons. The van der Waals surface area contributed by atoms with Gasteiger partial charge in [-0.15, -0.1) is 0 Å².